The van der Waals surface area contributed by atoms with Gasteiger partial charge in [-0.15, -0.1) is 0 Å². The van der Waals surface area contributed by atoms with Gasteiger partial charge in [0.1, 0.15) is 5.82 Å². The molecule has 0 saturated heterocycles. The van der Waals surface area contributed by atoms with E-state index in [1.165, 1.54) is 11.1 Å². The number of pyridine rings is 1. The number of anilines is 1. The lowest BCUT2D eigenvalue weighted by Crippen LogP contribution is -2.26. The minimum Gasteiger partial charge on any atom is -0.359 e. The first-order chi connectivity index (χ1) is 8.95. The van der Waals surface area contributed by atoms with Gasteiger partial charge in [-0.2, -0.15) is 0 Å². The summed E-state index contributed by atoms with van der Waals surface area (Å²) in [6, 6.07) is 2.16. The number of aromatic nitrogens is 1. The SMILES string of the molecule is CNCc1c(C)cc(C)nc1N(C)CCCN(C)C. The molecule has 0 amide bonds. The van der Waals surface area contributed by atoms with Gasteiger partial charge in [-0.25, -0.2) is 4.98 Å². The number of aryl methyl sites for hydroxylation is 2. The summed E-state index contributed by atoms with van der Waals surface area (Å²) in [5.74, 6) is 1.12. The first kappa shape index (κ1) is 15.9. The summed E-state index contributed by atoms with van der Waals surface area (Å²) >= 11 is 0. The van der Waals surface area contributed by atoms with Crippen molar-refractivity contribution in [3.63, 3.8) is 0 Å². The zero-order chi connectivity index (χ0) is 14.4. The number of hydrogen-bond donors (Lipinski definition) is 1. The highest BCUT2D eigenvalue weighted by molar-refractivity contribution is 5.51. The Kier molecular flexibility index (Phi) is 6.25. The van der Waals surface area contributed by atoms with Crippen LogP contribution in [0.1, 0.15) is 23.2 Å². The molecule has 0 saturated carbocycles. The van der Waals surface area contributed by atoms with Crippen LogP contribution >= 0.6 is 0 Å². The van der Waals surface area contributed by atoms with Gasteiger partial charge in [0, 0.05) is 31.4 Å². The molecule has 1 rings (SSSR count). The van der Waals surface area contributed by atoms with Crippen LogP contribution in [-0.2, 0) is 6.54 Å². The molecular weight excluding hydrogens is 236 g/mol. The topological polar surface area (TPSA) is 31.4 Å². The molecule has 0 unspecified atom stereocenters. The van der Waals surface area contributed by atoms with Gasteiger partial charge in [-0.05, 0) is 59.6 Å². The summed E-state index contributed by atoms with van der Waals surface area (Å²) in [5, 5.41) is 3.24. The molecule has 0 aliphatic heterocycles. The van der Waals surface area contributed by atoms with Gasteiger partial charge in [0.05, 0.1) is 0 Å². The maximum Gasteiger partial charge on any atom is 0.133 e. The van der Waals surface area contributed by atoms with Crippen LogP contribution in [0, 0.1) is 13.8 Å². The Bertz CT molecular complexity index is 401. The first-order valence-electron chi connectivity index (χ1n) is 6.93. The minimum absolute atomic E-state index is 0.868. The number of nitrogens with zero attached hydrogens (tertiary/aromatic N) is 3. The highest BCUT2D eigenvalue weighted by atomic mass is 15.2. The molecule has 1 aromatic heterocycles. The summed E-state index contributed by atoms with van der Waals surface area (Å²) in [7, 11) is 8.34. The second-order valence-electron chi connectivity index (χ2n) is 5.49. The molecule has 0 bridgehead atoms. The Labute approximate surface area is 117 Å². The van der Waals surface area contributed by atoms with Gasteiger partial charge >= 0.3 is 0 Å². The van der Waals surface area contributed by atoms with Crippen molar-refractivity contribution in [3.05, 3.63) is 22.9 Å². The molecule has 19 heavy (non-hydrogen) atoms. The van der Waals surface area contributed by atoms with E-state index in [4.69, 9.17) is 4.98 Å². The van der Waals surface area contributed by atoms with Crippen molar-refractivity contribution in [3.8, 4) is 0 Å². The van der Waals surface area contributed by atoms with Crippen LogP contribution in [0.25, 0.3) is 0 Å². The zero-order valence-electron chi connectivity index (χ0n) is 13.2. The van der Waals surface area contributed by atoms with E-state index in [9.17, 15) is 0 Å². The number of nitrogens with one attached hydrogen (secondary N) is 1. The lowest BCUT2D eigenvalue weighted by Gasteiger charge is -2.24. The number of rotatable bonds is 7. The largest absolute Gasteiger partial charge is 0.359 e. The molecule has 0 radical (unpaired) electrons. The molecule has 0 aromatic carbocycles. The van der Waals surface area contributed by atoms with Gasteiger partial charge in [0.2, 0.25) is 0 Å². The summed E-state index contributed by atoms with van der Waals surface area (Å²) in [5.41, 5.74) is 3.71. The monoisotopic (exact) mass is 264 g/mol. The maximum atomic E-state index is 4.72. The Morgan fingerprint density at radius 3 is 2.42 bits per heavy atom. The third-order valence-corrected chi connectivity index (χ3v) is 3.27. The van der Waals surface area contributed by atoms with Gasteiger partial charge in [-0.1, -0.05) is 0 Å². The van der Waals surface area contributed by atoms with Crippen molar-refractivity contribution in [2.75, 3.05) is 46.2 Å². The first-order valence-corrected chi connectivity index (χ1v) is 6.93. The fourth-order valence-electron chi connectivity index (χ4n) is 2.28. The van der Waals surface area contributed by atoms with E-state index in [2.05, 4.69) is 56.2 Å². The van der Waals surface area contributed by atoms with E-state index in [1.54, 1.807) is 0 Å². The van der Waals surface area contributed by atoms with Gasteiger partial charge in [-0.3, -0.25) is 0 Å². The maximum absolute atomic E-state index is 4.72. The highest BCUT2D eigenvalue weighted by Crippen LogP contribution is 2.21. The smallest absolute Gasteiger partial charge is 0.133 e. The van der Waals surface area contributed by atoms with Crippen molar-refractivity contribution in [1.82, 2.24) is 15.2 Å². The molecule has 4 heteroatoms. The van der Waals surface area contributed by atoms with E-state index in [0.717, 1.165) is 37.6 Å². The van der Waals surface area contributed by atoms with Crippen LogP contribution in [-0.4, -0.2) is 51.2 Å². The molecule has 1 aromatic rings. The summed E-state index contributed by atoms with van der Waals surface area (Å²) in [6.07, 6.45) is 1.15. The second-order valence-corrected chi connectivity index (χ2v) is 5.49. The third-order valence-electron chi connectivity index (χ3n) is 3.27. The summed E-state index contributed by atoms with van der Waals surface area (Å²) in [4.78, 5) is 9.22. The molecule has 108 valence electrons. The molecule has 0 aliphatic rings. The van der Waals surface area contributed by atoms with Crippen LogP contribution < -0.4 is 10.2 Å². The molecule has 0 atom stereocenters. The fraction of sp³-hybridized carbons (Fsp3) is 0.667. The van der Waals surface area contributed by atoms with Crippen molar-refractivity contribution in [2.45, 2.75) is 26.8 Å². The predicted molar refractivity (Wildman–Crippen MR) is 82.9 cm³/mol. The van der Waals surface area contributed by atoms with E-state index in [-0.39, 0.29) is 0 Å². The Hall–Kier alpha value is -1.13. The molecule has 4 nitrogen and oxygen atoms in total. The Morgan fingerprint density at radius 1 is 1.16 bits per heavy atom. The second kappa shape index (κ2) is 7.46. The van der Waals surface area contributed by atoms with E-state index in [1.807, 2.05) is 7.05 Å². The average molecular weight is 264 g/mol. The van der Waals surface area contributed by atoms with E-state index in [0.29, 0.717) is 0 Å². The van der Waals surface area contributed by atoms with Crippen LogP contribution in [0.4, 0.5) is 5.82 Å². The normalized spacial score (nSPS) is 11.1. The zero-order valence-corrected chi connectivity index (χ0v) is 13.2. The van der Waals surface area contributed by atoms with Gasteiger partial charge in [0.25, 0.3) is 0 Å². The van der Waals surface area contributed by atoms with Crippen molar-refractivity contribution in [2.24, 2.45) is 0 Å². The summed E-state index contributed by atoms with van der Waals surface area (Å²) in [6.45, 7) is 7.24. The third kappa shape index (κ3) is 4.80. The molecule has 0 fully saturated rings. The standard InChI is InChI=1S/C15H28N4/c1-12-10-13(2)17-15(14(12)11-16-3)19(6)9-7-8-18(4)5/h10,16H,7-9,11H2,1-6H3. The Balaban J connectivity index is 2.84. The molecule has 0 spiro atoms. The highest BCUT2D eigenvalue weighted by Gasteiger charge is 2.12. The van der Waals surface area contributed by atoms with Crippen LogP contribution in [0.3, 0.4) is 0 Å². The van der Waals surface area contributed by atoms with Crippen molar-refractivity contribution in [1.29, 1.82) is 0 Å². The lowest BCUT2D eigenvalue weighted by atomic mass is 10.1. The van der Waals surface area contributed by atoms with E-state index < -0.39 is 0 Å². The van der Waals surface area contributed by atoms with Crippen molar-refractivity contribution < 1.29 is 0 Å². The van der Waals surface area contributed by atoms with Gasteiger partial charge < -0.3 is 15.1 Å². The van der Waals surface area contributed by atoms with Crippen LogP contribution in [0.5, 0.6) is 0 Å². The average Bonchev–Trinajstić information content (AvgIpc) is 2.31. The quantitative estimate of drug-likeness (QED) is 0.814. The van der Waals surface area contributed by atoms with E-state index >= 15 is 0 Å². The van der Waals surface area contributed by atoms with Crippen molar-refractivity contribution >= 4 is 5.82 Å². The number of hydrogen-bond acceptors (Lipinski definition) is 4. The lowest BCUT2D eigenvalue weighted by molar-refractivity contribution is 0.401. The predicted octanol–water partition coefficient (Wildman–Crippen LogP) is 1.81. The van der Waals surface area contributed by atoms with Gasteiger partial charge in [0.15, 0.2) is 0 Å². The fourth-order valence-corrected chi connectivity index (χ4v) is 2.28. The Morgan fingerprint density at radius 2 is 1.84 bits per heavy atom. The molecule has 0 aliphatic carbocycles. The molecular formula is C15H28N4. The minimum atomic E-state index is 0.868. The van der Waals surface area contributed by atoms with Crippen LogP contribution in [0.2, 0.25) is 0 Å². The summed E-state index contributed by atoms with van der Waals surface area (Å²) < 4.78 is 0. The van der Waals surface area contributed by atoms with Crippen LogP contribution in [0.15, 0.2) is 6.07 Å². The molecule has 1 heterocycles. The molecule has 1 N–H and O–H groups in total.